The number of thioether (sulfide) groups is 1. The Kier molecular flexibility index (Phi) is 14.6. The number of rotatable bonds is 20. The largest absolute Gasteiger partial charge is 0.492 e. The van der Waals surface area contributed by atoms with E-state index in [1.165, 1.54) is 39.9 Å². The van der Waals surface area contributed by atoms with Crippen LogP contribution in [0, 0.1) is 0 Å². The molecule has 6 N–H and O–H groups in total. The molecule has 6 aromatic rings. The van der Waals surface area contributed by atoms with E-state index in [1.807, 2.05) is 0 Å². The summed E-state index contributed by atoms with van der Waals surface area (Å²) < 4.78 is 105. The smallest absolute Gasteiger partial charge is 0.343 e. The van der Waals surface area contributed by atoms with E-state index in [0.717, 1.165) is 11.9 Å². The van der Waals surface area contributed by atoms with Gasteiger partial charge in [-0.1, -0.05) is 12.1 Å². The van der Waals surface area contributed by atoms with E-state index in [9.17, 15) is 13.9 Å². The number of hydrogen-bond acceptors (Lipinski definition) is 21. The Morgan fingerprint density at radius 2 is 1.42 bits per heavy atom. The van der Waals surface area contributed by atoms with Crippen molar-refractivity contribution < 1.29 is 60.0 Å². The van der Waals surface area contributed by atoms with Crippen molar-refractivity contribution in [2.24, 2.45) is 5.73 Å². The van der Waals surface area contributed by atoms with Crippen LogP contribution in [0.3, 0.4) is 0 Å². The first kappa shape index (κ1) is 46.3. The summed E-state index contributed by atoms with van der Waals surface area (Å²) in [6.07, 6.45) is -7.87. The van der Waals surface area contributed by atoms with Gasteiger partial charge in [0.2, 0.25) is 7.57 Å². The number of anilines is 2. The highest BCUT2D eigenvalue weighted by Gasteiger charge is 2.51. The van der Waals surface area contributed by atoms with E-state index < -0.39 is 78.0 Å². The Hall–Kier alpha value is -5.27. The summed E-state index contributed by atoms with van der Waals surface area (Å²) in [5, 5.41) is 0. The number of imidazole rings is 2. The van der Waals surface area contributed by atoms with Crippen molar-refractivity contribution in [3.05, 3.63) is 85.0 Å². The highest BCUT2D eigenvalue weighted by atomic mass is 32.2. The summed E-state index contributed by atoms with van der Waals surface area (Å²) in [5.74, 6) is 1.05. The number of carbonyl (C=O) groups is 1. The minimum absolute atomic E-state index is 0.0398. The van der Waals surface area contributed by atoms with E-state index in [1.54, 1.807) is 48.5 Å². The van der Waals surface area contributed by atoms with Gasteiger partial charge >= 0.3 is 14.7 Å². The molecule has 340 valence electrons. The zero-order chi connectivity index (χ0) is 45.7. The van der Waals surface area contributed by atoms with Crippen LogP contribution < -0.4 is 26.7 Å². The van der Waals surface area contributed by atoms with Crippen LogP contribution in [-0.4, -0.2) is 122 Å². The van der Waals surface area contributed by atoms with Crippen LogP contribution in [0.15, 0.2) is 73.8 Å². The minimum atomic E-state index is -4.73. The van der Waals surface area contributed by atoms with Crippen LogP contribution in [-0.2, 0) is 42.7 Å². The lowest BCUT2D eigenvalue weighted by molar-refractivity contribution is -0.0568. The second kappa shape index (κ2) is 20.5. The summed E-state index contributed by atoms with van der Waals surface area (Å²) in [6.45, 7) is -0.263. The van der Waals surface area contributed by atoms with Gasteiger partial charge in [0.05, 0.1) is 37.4 Å². The maximum atomic E-state index is 16.5. The van der Waals surface area contributed by atoms with Gasteiger partial charge in [-0.15, -0.1) is 11.8 Å². The summed E-state index contributed by atoms with van der Waals surface area (Å²) >= 11 is 1.37. The number of esters is 1. The zero-order valence-corrected chi connectivity index (χ0v) is 36.3. The van der Waals surface area contributed by atoms with Crippen LogP contribution in [0.25, 0.3) is 22.3 Å². The number of halogens is 2. The molecule has 4 aromatic heterocycles. The van der Waals surface area contributed by atoms with Crippen LogP contribution in [0.4, 0.5) is 20.4 Å². The first-order valence-electron chi connectivity index (χ1n) is 19.5. The van der Waals surface area contributed by atoms with Crippen LogP contribution in [0.2, 0.25) is 0 Å². The third-order valence-electron chi connectivity index (χ3n) is 10.0. The molecule has 65 heavy (non-hydrogen) atoms. The maximum absolute atomic E-state index is 16.5. The third-order valence-corrected chi connectivity index (χ3v) is 12.3. The van der Waals surface area contributed by atoms with Crippen molar-refractivity contribution in [1.82, 2.24) is 39.0 Å². The molecule has 8 rings (SSSR count). The average Bonchev–Trinajstić information content (AvgIpc) is 4.08. The number of nitrogens with two attached hydrogens (primary N) is 3. The molecule has 28 heteroatoms. The molecular formula is C37H38BF2N11O11P2S. The minimum Gasteiger partial charge on any atom is -0.492 e. The van der Waals surface area contributed by atoms with E-state index in [0.29, 0.717) is 36.0 Å². The first-order valence-corrected chi connectivity index (χ1v) is 23.0. The number of alkyl halides is 2. The van der Waals surface area contributed by atoms with Gasteiger partial charge in [-0.05, 0) is 42.0 Å². The Morgan fingerprint density at radius 1 is 0.831 bits per heavy atom. The fourth-order valence-corrected chi connectivity index (χ4v) is 9.05. The molecule has 0 aliphatic carbocycles. The monoisotopic (exact) mass is 955 g/mol. The SMILES string of the molecule is [B]P(=O)(OC[C@H]1O[C@@H](n2cnc3c(N)ncnc32)[C@H](F)[C@@H]1OP=O)O[C@H]1[C@@H](F)[C@H](n2cnc3c(N)ncnc32)O[C@@H]1COCSCc1ccc(OC(=O)c2ccc(OCCN)cc2)cc1. The molecule has 2 fully saturated rings. The van der Waals surface area contributed by atoms with Crippen molar-refractivity contribution in [2.75, 3.05) is 43.8 Å². The highest BCUT2D eigenvalue weighted by Crippen LogP contribution is 2.50. The average molecular weight is 956 g/mol. The van der Waals surface area contributed by atoms with E-state index in [4.69, 9.17) is 62.0 Å². The highest BCUT2D eigenvalue weighted by molar-refractivity contribution is 7.98. The van der Waals surface area contributed by atoms with Gasteiger partial charge in [-0.25, -0.2) is 48.0 Å². The number of nitrogen functional groups attached to an aromatic ring is 2. The van der Waals surface area contributed by atoms with E-state index in [2.05, 4.69) is 29.9 Å². The lowest BCUT2D eigenvalue weighted by Crippen LogP contribution is -2.35. The molecule has 9 atom stereocenters. The number of hydrogen-bond donors (Lipinski definition) is 3. The lowest BCUT2D eigenvalue weighted by Gasteiger charge is -2.25. The van der Waals surface area contributed by atoms with Gasteiger partial charge in [0.25, 0.3) is 7.47 Å². The molecule has 2 saturated heterocycles. The van der Waals surface area contributed by atoms with Crippen molar-refractivity contribution in [3.8, 4) is 11.5 Å². The Bertz CT molecular complexity index is 2660. The zero-order valence-electron chi connectivity index (χ0n) is 33.7. The summed E-state index contributed by atoms with van der Waals surface area (Å²) in [6, 6.07) is 13.4. The number of aromatic nitrogens is 8. The number of carbonyl (C=O) groups excluding carboxylic acids is 1. The van der Waals surface area contributed by atoms with Crippen molar-refractivity contribution >= 4 is 75.4 Å². The lowest BCUT2D eigenvalue weighted by atomic mass is 10.1. The van der Waals surface area contributed by atoms with E-state index in [-0.39, 0.29) is 46.5 Å². The number of nitrogens with zero attached hydrogens (tertiary/aromatic N) is 8. The Morgan fingerprint density at radius 3 is 2.02 bits per heavy atom. The van der Waals surface area contributed by atoms with Gasteiger partial charge in [-0.3, -0.25) is 18.2 Å². The standard InChI is InChI=1S/C37H38BF2N11O11P2S/c38-64(54,57-12-24-29(61-63-53)25(39)35(60-24)50-16-48-27-31(42)44-14-46-33(27)50)62-30-23(59-36(26(30)40)51-17-49-28-32(43)45-15-47-34(28)51)11-55-18-65-13-19-1-5-22(6-2-19)58-37(52)20-3-7-21(8-4-20)56-10-9-41/h1-8,14-17,23-26,29-30,35-36H,9-13,18,41H2,(H2,42,44,46)(H2,43,45,47)/t23-,24-,25-,26-,29-,30-,35-,36-,64?/m1/s1. The summed E-state index contributed by atoms with van der Waals surface area (Å²) in [7, 11) is 0.413. The number of ether oxygens (including phenoxy) is 5. The predicted octanol–water partition coefficient (Wildman–Crippen LogP) is 4.04. The molecule has 2 radical (unpaired) electrons. The molecule has 0 saturated carbocycles. The molecule has 1 unspecified atom stereocenters. The predicted molar refractivity (Wildman–Crippen MR) is 228 cm³/mol. The van der Waals surface area contributed by atoms with Crippen molar-refractivity contribution in [2.45, 2.75) is 55.0 Å². The molecular weight excluding hydrogens is 917 g/mol. The molecule has 2 aliphatic heterocycles. The van der Waals surface area contributed by atoms with Crippen LogP contribution in [0.1, 0.15) is 28.4 Å². The third kappa shape index (κ3) is 10.4. The van der Waals surface area contributed by atoms with Gasteiger partial charge in [-0.2, -0.15) is 0 Å². The summed E-state index contributed by atoms with van der Waals surface area (Å²) in [4.78, 5) is 37.0. The second-order valence-electron chi connectivity index (χ2n) is 14.3. The molecule has 0 spiro atoms. The fraction of sp³-hybridized carbons (Fsp3) is 0.378. The van der Waals surface area contributed by atoms with Crippen molar-refractivity contribution in [3.63, 3.8) is 0 Å². The molecule has 0 amide bonds. The fourth-order valence-electron chi connectivity index (χ4n) is 6.96. The molecule has 22 nitrogen and oxygen atoms in total. The Balaban J connectivity index is 0.889. The van der Waals surface area contributed by atoms with E-state index >= 15 is 8.78 Å². The van der Waals surface area contributed by atoms with Crippen LogP contribution in [0.5, 0.6) is 11.5 Å². The first-order chi connectivity index (χ1) is 31.4. The van der Waals surface area contributed by atoms with Crippen LogP contribution >= 0.6 is 27.9 Å². The molecule has 0 bridgehead atoms. The summed E-state index contributed by atoms with van der Waals surface area (Å²) in [5.41, 5.74) is 19.2. The number of benzene rings is 2. The maximum Gasteiger partial charge on any atom is 0.343 e. The van der Waals surface area contributed by atoms with Gasteiger partial charge in [0.15, 0.2) is 47.7 Å². The molecule has 6 heterocycles. The molecule has 2 aromatic carbocycles. The van der Waals surface area contributed by atoms with Gasteiger partial charge < -0.3 is 49.9 Å². The van der Waals surface area contributed by atoms with Crippen molar-refractivity contribution in [1.29, 1.82) is 0 Å². The quantitative estimate of drug-likeness (QED) is 0.0243. The Labute approximate surface area is 374 Å². The topological polar surface area (TPSA) is 290 Å². The van der Waals surface area contributed by atoms with Gasteiger partial charge in [0.1, 0.15) is 66.2 Å². The molecule has 2 aliphatic rings. The number of fused-ring (bicyclic) bond motifs is 2. The second-order valence-corrected chi connectivity index (χ2v) is 17.1. The van der Waals surface area contributed by atoms with Gasteiger partial charge in [0, 0.05) is 12.3 Å². The normalized spacial score (nSPS) is 24.2.